The van der Waals surface area contributed by atoms with E-state index in [1.165, 1.54) is 64.2 Å². The minimum Gasteiger partial charge on any atom is -0.355 e. The van der Waals surface area contributed by atoms with Crippen molar-refractivity contribution in [3.05, 3.63) is 24.3 Å². The SMILES string of the molecule is BrCCCCCCC=CCCCOCOCOCCCC=CCCCCCCBr. The largest absolute Gasteiger partial charge is 0.355 e. The number of ether oxygens (including phenoxy) is 3. The van der Waals surface area contributed by atoms with Crippen molar-refractivity contribution in [2.45, 2.75) is 89.9 Å². The second-order valence-electron chi connectivity index (χ2n) is 7.27. The summed E-state index contributed by atoms with van der Waals surface area (Å²) in [5.41, 5.74) is 0. The fourth-order valence-corrected chi connectivity index (χ4v) is 3.56. The summed E-state index contributed by atoms with van der Waals surface area (Å²) in [7, 11) is 0. The molecule has 0 fully saturated rings. The summed E-state index contributed by atoms with van der Waals surface area (Å²) in [5.74, 6) is 0. The van der Waals surface area contributed by atoms with Crippen LogP contribution in [0, 0.1) is 0 Å². The van der Waals surface area contributed by atoms with Crippen molar-refractivity contribution in [2.24, 2.45) is 0 Å². The van der Waals surface area contributed by atoms with Gasteiger partial charge in [-0.25, -0.2) is 0 Å². The Hall–Kier alpha value is 0.320. The Morgan fingerprint density at radius 1 is 0.414 bits per heavy atom. The van der Waals surface area contributed by atoms with Crippen LogP contribution in [-0.2, 0) is 14.2 Å². The number of alkyl halides is 2. The monoisotopic (exact) mass is 538 g/mol. The van der Waals surface area contributed by atoms with Gasteiger partial charge in [0, 0.05) is 23.9 Å². The Kier molecular flexibility index (Phi) is 28.6. The highest BCUT2D eigenvalue weighted by Crippen LogP contribution is 2.06. The fourth-order valence-electron chi connectivity index (χ4n) is 2.77. The van der Waals surface area contributed by atoms with Gasteiger partial charge in [0.25, 0.3) is 0 Å². The van der Waals surface area contributed by atoms with Crippen molar-refractivity contribution in [3.8, 4) is 0 Å². The molecule has 0 aromatic carbocycles. The van der Waals surface area contributed by atoms with Gasteiger partial charge in [-0.3, -0.25) is 0 Å². The number of rotatable bonds is 24. The molecule has 0 saturated heterocycles. The fraction of sp³-hybridized carbons (Fsp3) is 0.833. The predicted molar refractivity (Wildman–Crippen MR) is 133 cm³/mol. The number of unbranched alkanes of at least 4 members (excludes halogenated alkanes) is 10. The quantitative estimate of drug-likeness (QED) is 0.0534. The van der Waals surface area contributed by atoms with Crippen LogP contribution in [0.15, 0.2) is 24.3 Å². The molecule has 0 unspecified atom stereocenters. The van der Waals surface area contributed by atoms with Crippen LogP contribution >= 0.6 is 31.9 Å². The lowest BCUT2D eigenvalue weighted by molar-refractivity contribution is -0.131. The van der Waals surface area contributed by atoms with Crippen LogP contribution in [0.4, 0.5) is 0 Å². The zero-order chi connectivity index (χ0) is 21.1. The third kappa shape index (κ3) is 28.3. The highest BCUT2D eigenvalue weighted by Gasteiger charge is 1.91. The lowest BCUT2D eigenvalue weighted by Gasteiger charge is -2.06. The zero-order valence-corrected chi connectivity index (χ0v) is 21.6. The number of hydrogen-bond acceptors (Lipinski definition) is 3. The van der Waals surface area contributed by atoms with E-state index in [1.807, 2.05) is 0 Å². The second kappa shape index (κ2) is 28.3. The van der Waals surface area contributed by atoms with E-state index in [0.717, 1.165) is 49.6 Å². The smallest absolute Gasteiger partial charge is 0.149 e. The molecule has 0 radical (unpaired) electrons. The van der Waals surface area contributed by atoms with Crippen molar-refractivity contribution in [3.63, 3.8) is 0 Å². The minimum atomic E-state index is 0.326. The van der Waals surface area contributed by atoms with Gasteiger partial charge in [-0.1, -0.05) is 81.8 Å². The van der Waals surface area contributed by atoms with Crippen LogP contribution in [0.5, 0.6) is 0 Å². The minimum absolute atomic E-state index is 0.326. The topological polar surface area (TPSA) is 27.7 Å². The molecule has 0 aliphatic carbocycles. The Bertz CT molecular complexity index is 317. The average molecular weight is 540 g/mol. The zero-order valence-electron chi connectivity index (χ0n) is 18.4. The first kappa shape index (κ1) is 29.3. The number of hydrogen-bond donors (Lipinski definition) is 0. The van der Waals surface area contributed by atoms with Crippen LogP contribution in [-0.4, -0.2) is 37.5 Å². The highest BCUT2D eigenvalue weighted by molar-refractivity contribution is 9.09. The Morgan fingerprint density at radius 3 is 1.21 bits per heavy atom. The lowest BCUT2D eigenvalue weighted by Crippen LogP contribution is -2.06. The van der Waals surface area contributed by atoms with E-state index < -0.39 is 0 Å². The van der Waals surface area contributed by atoms with Crippen molar-refractivity contribution >= 4 is 31.9 Å². The Balaban J connectivity index is 3.09. The van der Waals surface area contributed by atoms with Gasteiger partial charge >= 0.3 is 0 Å². The van der Waals surface area contributed by atoms with E-state index in [2.05, 4.69) is 56.2 Å². The number of allylic oxidation sites excluding steroid dienone is 4. The first-order valence-electron chi connectivity index (χ1n) is 11.6. The van der Waals surface area contributed by atoms with E-state index in [9.17, 15) is 0 Å². The standard InChI is InChI=1S/C24H44Br2O3/c25-19-15-11-7-3-1-5-9-13-17-21-27-23-29-24-28-22-18-14-10-6-2-4-8-12-16-20-26/h5-6,9-10H,1-4,7-8,11-24H2. The van der Waals surface area contributed by atoms with Gasteiger partial charge in [0.15, 0.2) is 0 Å². The van der Waals surface area contributed by atoms with E-state index in [1.54, 1.807) is 0 Å². The Morgan fingerprint density at radius 2 is 0.793 bits per heavy atom. The molecule has 0 atom stereocenters. The molecule has 172 valence electrons. The summed E-state index contributed by atoms with van der Waals surface area (Å²) >= 11 is 6.94. The molecule has 0 aromatic heterocycles. The third-order valence-corrected chi connectivity index (χ3v) is 5.62. The lowest BCUT2D eigenvalue weighted by atomic mass is 10.1. The highest BCUT2D eigenvalue weighted by atomic mass is 79.9. The summed E-state index contributed by atoms with van der Waals surface area (Å²) in [5, 5.41) is 2.27. The average Bonchev–Trinajstić information content (AvgIpc) is 2.74. The molecular weight excluding hydrogens is 496 g/mol. The normalized spacial score (nSPS) is 11.9. The first-order valence-corrected chi connectivity index (χ1v) is 13.8. The summed E-state index contributed by atoms with van der Waals surface area (Å²) in [4.78, 5) is 0. The molecule has 0 heterocycles. The maximum Gasteiger partial charge on any atom is 0.149 e. The molecule has 0 amide bonds. The third-order valence-electron chi connectivity index (χ3n) is 4.49. The van der Waals surface area contributed by atoms with Gasteiger partial charge in [-0.15, -0.1) is 0 Å². The molecule has 0 spiro atoms. The van der Waals surface area contributed by atoms with E-state index in [-0.39, 0.29) is 0 Å². The van der Waals surface area contributed by atoms with Crippen LogP contribution in [0.2, 0.25) is 0 Å². The van der Waals surface area contributed by atoms with Crippen LogP contribution < -0.4 is 0 Å². The molecule has 0 N–H and O–H groups in total. The van der Waals surface area contributed by atoms with Gasteiger partial charge in [0.05, 0.1) is 0 Å². The molecule has 0 aromatic rings. The van der Waals surface area contributed by atoms with Crippen molar-refractivity contribution < 1.29 is 14.2 Å². The van der Waals surface area contributed by atoms with Crippen LogP contribution in [0.1, 0.15) is 89.9 Å². The molecule has 0 bridgehead atoms. The number of halogens is 2. The summed E-state index contributed by atoms with van der Waals surface area (Å²) in [6, 6.07) is 0. The molecule has 0 aliphatic heterocycles. The van der Waals surface area contributed by atoms with Crippen molar-refractivity contribution in [1.29, 1.82) is 0 Å². The molecule has 3 nitrogen and oxygen atoms in total. The molecule has 5 heteroatoms. The van der Waals surface area contributed by atoms with Gasteiger partial charge in [0.2, 0.25) is 0 Å². The summed E-state index contributed by atoms with van der Waals surface area (Å²) in [6.07, 6.45) is 26.4. The molecule has 0 rings (SSSR count). The van der Waals surface area contributed by atoms with E-state index in [4.69, 9.17) is 14.2 Å². The predicted octanol–water partition coefficient (Wildman–Crippen LogP) is 8.31. The molecule has 0 saturated carbocycles. The van der Waals surface area contributed by atoms with Gasteiger partial charge < -0.3 is 14.2 Å². The Labute approximate surface area is 197 Å². The molecule has 29 heavy (non-hydrogen) atoms. The second-order valence-corrected chi connectivity index (χ2v) is 8.85. The van der Waals surface area contributed by atoms with Crippen molar-refractivity contribution in [1.82, 2.24) is 0 Å². The van der Waals surface area contributed by atoms with Crippen LogP contribution in [0.25, 0.3) is 0 Å². The summed E-state index contributed by atoms with van der Waals surface area (Å²) < 4.78 is 16.2. The maximum atomic E-state index is 5.46. The van der Waals surface area contributed by atoms with Gasteiger partial charge in [0.1, 0.15) is 13.6 Å². The van der Waals surface area contributed by atoms with Gasteiger partial charge in [-0.05, 0) is 64.2 Å². The first-order chi connectivity index (χ1) is 14.4. The van der Waals surface area contributed by atoms with Crippen molar-refractivity contribution in [2.75, 3.05) is 37.5 Å². The van der Waals surface area contributed by atoms with Gasteiger partial charge in [-0.2, -0.15) is 0 Å². The molecular formula is C24H44Br2O3. The summed E-state index contributed by atoms with van der Waals surface area (Å²) in [6.45, 7) is 2.14. The van der Waals surface area contributed by atoms with E-state index in [0.29, 0.717) is 13.6 Å². The maximum absolute atomic E-state index is 5.46. The molecule has 0 aliphatic rings. The van der Waals surface area contributed by atoms with E-state index >= 15 is 0 Å². The van der Waals surface area contributed by atoms with Crippen LogP contribution in [0.3, 0.4) is 0 Å².